The Balaban J connectivity index is -0.000000273. The van der Waals surface area contributed by atoms with Gasteiger partial charge in [0.25, 0.3) is 0 Å². The van der Waals surface area contributed by atoms with Crippen LogP contribution in [0.5, 0.6) is 0 Å². The number of hydrogen-bond donors (Lipinski definition) is 2. The maximum absolute atomic E-state index is 8.43. The fourth-order valence-corrected chi connectivity index (χ4v) is 9.60. The predicted octanol–water partition coefficient (Wildman–Crippen LogP) is 19.4. The Hall–Kier alpha value is -0.320. The average Bonchev–Trinajstić information content (AvgIpc) is 3.26. The van der Waals surface area contributed by atoms with Crippen LogP contribution in [0.4, 0.5) is 0 Å². The fraction of sp³-hybridized carbons (Fsp3) is 1.00. The van der Waals surface area contributed by atoms with Crippen LogP contribution in [0.2, 0.25) is 0 Å². The van der Waals surface area contributed by atoms with E-state index in [9.17, 15) is 0 Å². The minimum atomic E-state index is 0.300. The summed E-state index contributed by atoms with van der Waals surface area (Å²) in [5, 5.41) is 16.8. The third-order valence-electron chi connectivity index (χ3n) is 15.2. The molecule has 0 radical (unpaired) electrons. The van der Waals surface area contributed by atoms with Crippen LogP contribution in [-0.2, 0) is 14.2 Å². The molecule has 80 heavy (non-hydrogen) atoms. The van der Waals surface area contributed by atoms with Crippen molar-refractivity contribution in [2.45, 2.75) is 283 Å². The zero-order chi connectivity index (χ0) is 63.8. The van der Waals surface area contributed by atoms with E-state index in [0.717, 1.165) is 94.8 Å². The first-order valence-corrected chi connectivity index (χ1v) is 32.8. The predicted molar refractivity (Wildman–Crippen MR) is 361 cm³/mol. The van der Waals surface area contributed by atoms with Crippen LogP contribution in [0.25, 0.3) is 0 Å². The van der Waals surface area contributed by atoms with Crippen molar-refractivity contribution in [1.29, 1.82) is 0 Å². The monoisotopic (exact) mass is 1140 g/mol. The summed E-state index contributed by atoms with van der Waals surface area (Å²) in [7, 11) is 12.0. The number of ether oxygens (including phenoxy) is 3. The molecule has 8 nitrogen and oxygen atoms in total. The lowest BCUT2D eigenvalue weighted by atomic mass is 9.66. The lowest BCUT2D eigenvalue weighted by Crippen LogP contribution is -2.40. The summed E-state index contributed by atoms with van der Waals surface area (Å²) < 4.78 is 15.3. The van der Waals surface area contributed by atoms with Gasteiger partial charge in [-0.25, -0.2) is 0 Å². The van der Waals surface area contributed by atoms with Crippen LogP contribution in [0.1, 0.15) is 283 Å². The van der Waals surface area contributed by atoms with E-state index >= 15 is 0 Å². The molecule has 0 amide bonds. The summed E-state index contributed by atoms with van der Waals surface area (Å²) in [5.74, 6) is 4.77. The largest absolute Gasteiger partial charge is 0.396 e. The Labute approximate surface area is 507 Å². The highest BCUT2D eigenvalue weighted by molar-refractivity contribution is 4.83. The number of methoxy groups -OCH3 is 2. The van der Waals surface area contributed by atoms with Crippen LogP contribution in [0.15, 0.2) is 0 Å². The number of rotatable bonds is 15. The highest BCUT2D eigenvalue weighted by Crippen LogP contribution is 2.43. The second kappa shape index (κ2) is 45.9. The van der Waals surface area contributed by atoms with E-state index in [-0.39, 0.29) is 0 Å². The Morgan fingerprint density at radius 3 is 1.07 bits per heavy atom. The van der Waals surface area contributed by atoms with Gasteiger partial charge in [-0.3, -0.25) is 4.90 Å². The second-order valence-corrected chi connectivity index (χ2v) is 34.9. The molecule has 3 aliphatic rings. The molecule has 3 fully saturated rings. The van der Waals surface area contributed by atoms with E-state index in [1.54, 1.807) is 14.2 Å². The van der Waals surface area contributed by atoms with Crippen molar-refractivity contribution in [1.82, 2.24) is 14.7 Å². The van der Waals surface area contributed by atoms with Crippen LogP contribution in [-0.4, -0.2) is 140 Å². The van der Waals surface area contributed by atoms with Gasteiger partial charge in [0.1, 0.15) is 0 Å². The lowest BCUT2D eigenvalue weighted by Gasteiger charge is -2.39. The first-order chi connectivity index (χ1) is 36.0. The van der Waals surface area contributed by atoms with Gasteiger partial charge >= 0.3 is 0 Å². The molecule has 0 aromatic rings. The minimum absolute atomic E-state index is 0.300. The molecule has 1 heterocycles. The maximum atomic E-state index is 8.43. The lowest BCUT2D eigenvalue weighted by molar-refractivity contribution is 0.0237. The van der Waals surface area contributed by atoms with E-state index in [1.807, 2.05) is 0 Å². The Morgan fingerprint density at radius 2 is 0.800 bits per heavy atom. The van der Waals surface area contributed by atoms with Crippen LogP contribution in [0.3, 0.4) is 0 Å². The highest BCUT2D eigenvalue weighted by atomic mass is 16.5. The number of nitrogens with zero attached hydrogens (tertiary/aromatic N) is 3. The number of aliphatic hydroxyl groups is 2. The Morgan fingerprint density at radius 1 is 0.425 bits per heavy atom. The summed E-state index contributed by atoms with van der Waals surface area (Å²) >= 11 is 0. The quantitative estimate of drug-likeness (QED) is 0.157. The number of morpholine rings is 1. The fourth-order valence-electron chi connectivity index (χ4n) is 9.60. The van der Waals surface area contributed by atoms with Gasteiger partial charge in [-0.2, -0.15) is 0 Å². The first kappa shape index (κ1) is 88.4. The van der Waals surface area contributed by atoms with Crippen LogP contribution >= 0.6 is 0 Å². The summed E-state index contributed by atoms with van der Waals surface area (Å²) in [4.78, 5) is 7.07. The average molecular weight is 1150 g/mol. The molecule has 3 rings (SSSR count). The standard InChI is InChI=1S/C15H29NO.C12H24.C9H21N.C8H19N.C8H18O.2C7H16O.C6H14O/c1-15(2,3)14-6-4-13(5-7-14)12-16-8-10-17-11-9-16;1-9-6-10(2)8-11(7-9)12(3,4)5;1-9(2,3)7-6-8-10(4)5;1-8(2,3)6-7-9(4)5;1-8(2,3)6-5-7-9-4;1-7(2,3)5-6-8-4;1-7(2,3)5-4-6-8;1-6(2,3)4-5-7/h13-14H,4-12H2,1-3H3;9-11H,6-8H2,1-5H3;6-8H2,1-5H3;6-7H2,1-5H3;5-7H2,1-4H3;5-6H2,1-4H3;8H,4-6H2,1-3H3;7H,4-5H2,1-3H3. The van der Waals surface area contributed by atoms with Gasteiger partial charge < -0.3 is 34.2 Å². The minimum Gasteiger partial charge on any atom is -0.396 e. The smallest absolute Gasteiger partial charge is 0.0594 e. The normalized spacial score (nSPS) is 20.5. The van der Waals surface area contributed by atoms with Gasteiger partial charge in [0.05, 0.1) is 13.2 Å². The SMILES string of the molecule is CC(C)(C)C1CCC(CN2CCOCC2)CC1.CC(C)(C)CCCO.CC(C)(C)CCO.CC1CC(C)CC(C(C)(C)C)C1.CN(C)CCC(C)(C)C.CN(C)CCCC(C)(C)C.COCCC(C)(C)C.COCCCC(C)(C)C. The summed E-state index contributed by atoms with van der Waals surface area (Å²) in [5.41, 5.74) is 3.64. The van der Waals surface area contributed by atoms with Gasteiger partial charge in [-0.15, -0.1) is 0 Å². The van der Waals surface area contributed by atoms with Crippen molar-refractivity contribution in [2.24, 2.45) is 72.9 Å². The van der Waals surface area contributed by atoms with E-state index < -0.39 is 0 Å². The Kier molecular flexibility index (Phi) is 50.8. The van der Waals surface area contributed by atoms with Gasteiger partial charge in [0.15, 0.2) is 0 Å². The zero-order valence-electron chi connectivity index (χ0n) is 61.4. The van der Waals surface area contributed by atoms with Crippen molar-refractivity contribution < 1.29 is 24.4 Å². The van der Waals surface area contributed by atoms with Gasteiger partial charge in [0, 0.05) is 60.3 Å². The summed E-state index contributed by atoms with van der Waals surface area (Å²) in [6.07, 6.45) is 20.6. The molecule has 2 aliphatic carbocycles. The summed E-state index contributed by atoms with van der Waals surface area (Å²) in [6.45, 7) is 69.5. The van der Waals surface area contributed by atoms with E-state index in [4.69, 9.17) is 24.4 Å². The van der Waals surface area contributed by atoms with Crippen molar-refractivity contribution in [3.63, 3.8) is 0 Å². The molecule has 2 unspecified atom stereocenters. The molecule has 1 aliphatic heterocycles. The second-order valence-electron chi connectivity index (χ2n) is 34.9. The molecule has 0 bridgehead atoms. The maximum Gasteiger partial charge on any atom is 0.0594 e. The molecular formula is C72H157N3O5. The van der Waals surface area contributed by atoms with Crippen molar-refractivity contribution in [3.8, 4) is 0 Å². The first-order valence-electron chi connectivity index (χ1n) is 32.8. The molecular weight excluding hydrogens is 987 g/mol. The molecule has 490 valence electrons. The molecule has 2 N–H and O–H groups in total. The van der Waals surface area contributed by atoms with Crippen molar-refractivity contribution in [2.75, 3.05) is 115 Å². The molecule has 0 aromatic heterocycles. The number of aliphatic hydroxyl groups excluding tert-OH is 2. The van der Waals surface area contributed by atoms with Gasteiger partial charge in [0.2, 0.25) is 0 Å². The molecule has 2 saturated carbocycles. The van der Waals surface area contributed by atoms with Crippen molar-refractivity contribution in [3.05, 3.63) is 0 Å². The zero-order valence-corrected chi connectivity index (χ0v) is 61.4. The third kappa shape index (κ3) is 73.8. The van der Waals surface area contributed by atoms with Crippen LogP contribution in [0, 0.1) is 72.9 Å². The highest BCUT2D eigenvalue weighted by Gasteiger charge is 2.32. The molecule has 0 spiro atoms. The molecule has 8 heteroatoms. The van der Waals surface area contributed by atoms with Crippen LogP contribution < -0.4 is 0 Å². The van der Waals surface area contributed by atoms with E-state index in [0.29, 0.717) is 56.5 Å². The molecule has 1 saturated heterocycles. The van der Waals surface area contributed by atoms with E-state index in [2.05, 4.69) is 223 Å². The third-order valence-corrected chi connectivity index (χ3v) is 15.2. The number of hydrogen-bond acceptors (Lipinski definition) is 8. The molecule has 0 aromatic carbocycles. The van der Waals surface area contributed by atoms with E-state index in [1.165, 1.54) is 96.7 Å². The molecule has 2 atom stereocenters. The Bertz CT molecular complexity index is 1280. The van der Waals surface area contributed by atoms with Gasteiger partial charge in [-0.05, 0) is 217 Å². The summed E-state index contributed by atoms with van der Waals surface area (Å²) in [6, 6.07) is 0. The topological polar surface area (TPSA) is 77.9 Å². The van der Waals surface area contributed by atoms with Gasteiger partial charge in [-0.1, -0.05) is 180 Å². The van der Waals surface area contributed by atoms with Crippen molar-refractivity contribution >= 4 is 0 Å².